The lowest BCUT2D eigenvalue weighted by molar-refractivity contribution is -0.384. The molecule has 10 nitrogen and oxygen atoms in total. The monoisotopic (exact) mass is 406 g/mol. The summed E-state index contributed by atoms with van der Waals surface area (Å²) in [4.78, 5) is 34.1. The molecule has 0 saturated carbocycles. The van der Waals surface area contributed by atoms with Gasteiger partial charge in [-0.05, 0) is 18.9 Å². The number of benzene rings is 1. The third-order valence-electron chi connectivity index (χ3n) is 3.96. The SMILES string of the molecule is CCn1c(SCC(N)=O)nnc1[C@@H](NC(=O)c1cccc([N+](=O)[O-])c1)C(C)C. The summed E-state index contributed by atoms with van der Waals surface area (Å²) < 4.78 is 1.81. The Morgan fingerprint density at radius 3 is 2.64 bits per heavy atom. The number of nitro benzene ring substituents is 1. The first-order chi connectivity index (χ1) is 13.2. The molecule has 1 aromatic carbocycles. The van der Waals surface area contributed by atoms with E-state index in [1.165, 1.54) is 36.0 Å². The summed E-state index contributed by atoms with van der Waals surface area (Å²) in [6.45, 7) is 6.28. The molecule has 0 spiro atoms. The van der Waals surface area contributed by atoms with Crippen LogP contribution in [0.3, 0.4) is 0 Å². The number of rotatable bonds is 9. The van der Waals surface area contributed by atoms with E-state index < -0.39 is 22.8 Å². The second-order valence-corrected chi connectivity index (χ2v) is 7.29. The molecule has 1 heterocycles. The quantitative estimate of drug-likeness (QED) is 0.367. The van der Waals surface area contributed by atoms with Gasteiger partial charge in [-0.15, -0.1) is 10.2 Å². The lowest BCUT2D eigenvalue weighted by Gasteiger charge is -2.22. The van der Waals surface area contributed by atoms with Crippen LogP contribution < -0.4 is 11.1 Å². The molecular weight excluding hydrogens is 384 g/mol. The standard InChI is InChI=1S/C17H22N6O4S/c1-4-22-15(20-21-17(22)28-9-13(18)24)14(10(2)3)19-16(25)11-6-5-7-12(8-11)23(26)27/h5-8,10,14H,4,9H2,1-3H3,(H2,18,24)(H,19,25)/t14-/m0/s1. The van der Waals surface area contributed by atoms with Gasteiger partial charge in [-0.3, -0.25) is 19.7 Å². The number of hydrogen-bond acceptors (Lipinski definition) is 7. The van der Waals surface area contributed by atoms with Crippen molar-refractivity contribution in [2.45, 2.75) is 38.5 Å². The maximum absolute atomic E-state index is 12.7. The van der Waals surface area contributed by atoms with Crippen molar-refractivity contribution in [1.82, 2.24) is 20.1 Å². The Kier molecular flexibility index (Phi) is 7.10. The first kappa shape index (κ1) is 21.4. The summed E-state index contributed by atoms with van der Waals surface area (Å²) in [5, 5.41) is 22.7. The zero-order valence-electron chi connectivity index (χ0n) is 15.8. The Morgan fingerprint density at radius 1 is 1.36 bits per heavy atom. The molecule has 2 amide bonds. The first-order valence-electron chi connectivity index (χ1n) is 8.64. The Balaban J connectivity index is 2.28. The van der Waals surface area contributed by atoms with Gasteiger partial charge in [0.1, 0.15) is 0 Å². The van der Waals surface area contributed by atoms with Crippen molar-refractivity contribution in [2.75, 3.05) is 5.75 Å². The van der Waals surface area contributed by atoms with E-state index in [0.29, 0.717) is 17.5 Å². The highest BCUT2D eigenvalue weighted by Gasteiger charge is 2.26. The van der Waals surface area contributed by atoms with E-state index in [1.54, 1.807) is 0 Å². The van der Waals surface area contributed by atoms with Gasteiger partial charge in [-0.2, -0.15) is 0 Å². The van der Waals surface area contributed by atoms with Gasteiger partial charge < -0.3 is 15.6 Å². The van der Waals surface area contributed by atoms with Crippen molar-refractivity contribution in [1.29, 1.82) is 0 Å². The Morgan fingerprint density at radius 2 is 2.07 bits per heavy atom. The number of nitro groups is 1. The van der Waals surface area contributed by atoms with Crippen molar-refractivity contribution in [3.8, 4) is 0 Å². The summed E-state index contributed by atoms with van der Waals surface area (Å²) in [5.74, 6) is -0.310. The largest absolute Gasteiger partial charge is 0.369 e. The number of aromatic nitrogens is 3. The normalized spacial score (nSPS) is 12.0. The minimum Gasteiger partial charge on any atom is -0.369 e. The molecule has 0 aliphatic carbocycles. The molecule has 0 aliphatic heterocycles. The van der Waals surface area contributed by atoms with Gasteiger partial charge in [0.05, 0.1) is 16.7 Å². The van der Waals surface area contributed by atoms with Gasteiger partial charge in [0.15, 0.2) is 11.0 Å². The average Bonchev–Trinajstić information content (AvgIpc) is 3.06. The van der Waals surface area contributed by atoms with Crippen LogP contribution in [0.1, 0.15) is 43.0 Å². The van der Waals surface area contributed by atoms with Gasteiger partial charge in [-0.1, -0.05) is 31.7 Å². The second kappa shape index (κ2) is 9.31. The fourth-order valence-electron chi connectivity index (χ4n) is 2.58. The molecule has 0 aliphatic rings. The molecule has 3 N–H and O–H groups in total. The number of nitrogens with zero attached hydrogens (tertiary/aromatic N) is 4. The predicted octanol–water partition coefficient (Wildman–Crippen LogP) is 1.91. The van der Waals surface area contributed by atoms with E-state index in [1.807, 2.05) is 25.3 Å². The molecule has 28 heavy (non-hydrogen) atoms. The smallest absolute Gasteiger partial charge is 0.270 e. The van der Waals surface area contributed by atoms with E-state index in [-0.39, 0.29) is 22.9 Å². The third-order valence-corrected chi connectivity index (χ3v) is 4.94. The van der Waals surface area contributed by atoms with E-state index in [2.05, 4.69) is 15.5 Å². The molecular formula is C17H22N6O4S. The molecule has 2 aromatic rings. The van der Waals surface area contributed by atoms with Gasteiger partial charge in [-0.25, -0.2) is 0 Å². The highest BCUT2D eigenvalue weighted by atomic mass is 32.2. The number of thioether (sulfide) groups is 1. The molecule has 0 saturated heterocycles. The fourth-order valence-corrected chi connectivity index (χ4v) is 3.33. The van der Waals surface area contributed by atoms with Gasteiger partial charge >= 0.3 is 0 Å². The third kappa shape index (κ3) is 5.06. The van der Waals surface area contributed by atoms with Crippen LogP contribution in [-0.2, 0) is 11.3 Å². The summed E-state index contributed by atoms with van der Waals surface area (Å²) in [5.41, 5.74) is 5.22. The number of non-ortho nitro benzene ring substituents is 1. The maximum atomic E-state index is 12.7. The molecule has 0 bridgehead atoms. The number of carbonyl (C=O) groups excluding carboxylic acids is 2. The van der Waals surface area contributed by atoms with Crippen LogP contribution in [0.2, 0.25) is 0 Å². The number of primary amides is 1. The van der Waals surface area contributed by atoms with Crippen LogP contribution in [0, 0.1) is 16.0 Å². The van der Waals surface area contributed by atoms with Gasteiger partial charge in [0, 0.05) is 24.2 Å². The molecule has 11 heteroatoms. The molecule has 0 radical (unpaired) electrons. The molecule has 0 unspecified atom stereocenters. The minimum absolute atomic E-state index is 0.0221. The second-order valence-electron chi connectivity index (χ2n) is 6.34. The predicted molar refractivity (Wildman–Crippen MR) is 104 cm³/mol. The van der Waals surface area contributed by atoms with E-state index >= 15 is 0 Å². The molecule has 0 fully saturated rings. The summed E-state index contributed by atoms with van der Waals surface area (Å²) in [6, 6.07) is 5.06. The van der Waals surface area contributed by atoms with Gasteiger partial charge in [0.2, 0.25) is 5.91 Å². The molecule has 1 atom stereocenters. The minimum atomic E-state index is -0.549. The average molecular weight is 406 g/mol. The van der Waals surface area contributed by atoms with E-state index in [0.717, 1.165) is 0 Å². The van der Waals surface area contributed by atoms with Crippen LogP contribution in [-0.4, -0.2) is 37.3 Å². The fraction of sp³-hybridized carbons (Fsp3) is 0.412. The van der Waals surface area contributed by atoms with Crippen LogP contribution >= 0.6 is 11.8 Å². The topological polar surface area (TPSA) is 146 Å². The number of nitrogens with two attached hydrogens (primary N) is 1. The molecule has 1 aromatic heterocycles. The summed E-state index contributed by atoms with van der Waals surface area (Å²) in [6.07, 6.45) is 0. The van der Waals surface area contributed by atoms with Gasteiger partial charge in [0.25, 0.3) is 11.6 Å². The zero-order chi connectivity index (χ0) is 20.8. The van der Waals surface area contributed by atoms with Crippen molar-refractivity contribution in [3.63, 3.8) is 0 Å². The van der Waals surface area contributed by atoms with Crippen molar-refractivity contribution < 1.29 is 14.5 Å². The first-order valence-corrected chi connectivity index (χ1v) is 9.62. The van der Waals surface area contributed by atoms with Crippen molar-refractivity contribution in [3.05, 3.63) is 45.8 Å². The van der Waals surface area contributed by atoms with E-state index in [9.17, 15) is 19.7 Å². The molecule has 2 rings (SSSR count). The summed E-state index contributed by atoms with van der Waals surface area (Å²) >= 11 is 1.18. The Bertz CT molecular complexity index is 882. The highest BCUT2D eigenvalue weighted by Crippen LogP contribution is 2.25. The lowest BCUT2D eigenvalue weighted by Crippen LogP contribution is -2.33. The van der Waals surface area contributed by atoms with Crippen LogP contribution in [0.4, 0.5) is 5.69 Å². The van der Waals surface area contributed by atoms with E-state index in [4.69, 9.17) is 5.73 Å². The number of hydrogen-bond donors (Lipinski definition) is 2. The number of amides is 2. The van der Waals surface area contributed by atoms with Crippen molar-refractivity contribution >= 4 is 29.3 Å². The zero-order valence-corrected chi connectivity index (χ0v) is 16.6. The molecule has 150 valence electrons. The highest BCUT2D eigenvalue weighted by molar-refractivity contribution is 7.99. The number of nitrogens with one attached hydrogen (secondary N) is 1. The van der Waals surface area contributed by atoms with Crippen LogP contribution in [0.15, 0.2) is 29.4 Å². The summed E-state index contributed by atoms with van der Waals surface area (Å²) in [7, 11) is 0. The Labute approximate surface area is 166 Å². The van der Waals surface area contributed by atoms with Crippen LogP contribution in [0.5, 0.6) is 0 Å². The Hall–Kier alpha value is -2.95. The number of carbonyl (C=O) groups is 2. The van der Waals surface area contributed by atoms with Crippen molar-refractivity contribution in [2.24, 2.45) is 11.7 Å². The van der Waals surface area contributed by atoms with Crippen LogP contribution in [0.25, 0.3) is 0 Å². The maximum Gasteiger partial charge on any atom is 0.270 e. The lowest BCUT2D eigenvalue weighted by atomic mass is 10.0.